The Labute approximate surface area is 87.5 Å². The van der Waals surface area contributed by atoms with Crippen molar-refractivity contribution in [1.82, 2.24) is 5.16 Å². The predicted molar refractivity (Wildman–Crippen MR) is 53.6 cm³/mol. The van der Waals surface area contributed by atoms with Gasteiger partial charge in [-0.05, 0) is 12.8 Å². The summed E-state index contributed by atoms with van der Waals surface area (Å²) in [6.45, 7) is 0. The van der Waals surface area contributed by atoms with Crippen LogP contribution in [0.25, 0.3) is 0 Å². The lowest BCUT2D eigenvalue weighted by molar-refractivity contribution is -0.143. The molecule has 1 aliphatic carbocycles. The molecule has 2 rings (SSSR count). The Morgan fingerprint density at radius 2 is 2.20 bits per heavy atom. The van der Waals surface area contributed by atoms with Crippen LogP contribution in [0.4, 0.5) is 5.82 Å². The second kappa shape index (κ2) is 3.92. The van der Waals surface area contributed by atoms with Crippen molar-refractivity contribution in [3.05, 3.63) is 12.3 Å². The third-order valence-corrected chi connectivity index (χ3v) is 2.92. The molecule has 1 fully saturated rings. The Morgan fingerprint density at radius 3 is 2.73 bits per heavy atom. The molecule has 0 spiro atoms. The van der Waals surface area contributed by atoms with Gasteiger partial charge in [-0.25, -0.2) is 4.79 Å². The Morgan fingerprint density at radius 1 is 1.47 bits per heavy atom. The molecule has 82 valence electrons. The highest BCUT2D eigenvalue weighted by atomic mass is 16.5. The molecule has 1 heterocycles. The maximum atomic E-state index is 11.3. The summed E-state index contributed by atoms with van der Waals surface area (Å²) in [5, 5.41) is 15.9. The number of anilines is 1. The van der Waals surface area contributed by atoms with Gasteiger partial charge in [0.25, 0.3) is 0 Å². The average molecular weight is 210 g/mol. The molecule has 1 aromatic heterocycles. The second-order valence-electron chi connectivity index (χ2n) is 3.96. The first-order chi connectivity index (χ1) is 7.23. The van der Waals surface area contributed by atoms with Gasteiger partial charge in [0.2, 0.25) is 0 Å². The lowest BCUT2D eigenvalue weighted by Gasteiger charge is -2.33. The molecule has 5 nitrogen and oxygen atoms in total. The SMILES string of the molecule is O=C(O)C1(Nc2ccon2)CCCCC1. The zero-order valence-corrected chi connectivity index (χ0v) is 8.40. The van der Waals surface area contributed by atoms with E-state index in [4.69, 9.17) is 0 Å². The molecule has 0 saturated heterocycles. The van der Waals surface area contributed by atoms with Gasteiger partial charge in [-0.15, -0.1) is 0 Å². The number of nitrogens with zero attached hydrogens (tertiary/aromatic N) is 1. The molecular formula is C10H14N2O3. The Balaban J connectivity index is 2.15. The quantitative estimate of drug-likeness (QED) is 0.796. The van der Waals surface area contributed by atoms with Crippen molar-refractivity contribution in [2.75, 3.05) is 5.32 Å². The first kappa shape index (κ1) is 10.0. The molecule has 0 atom stereocenters. The van der Waals surface area contributed by atoms with Crippen LogP contribution in [0.5, 0.6) is 0 Å². The highest BCUT2D eigenvalue weighted by Gasteiger charge is 2.39. The summed E-state index contributed by atoms with van der Waals surface area (Å²) < 4.78 is 4.68. The number of hydrogen-bond donors (Lipinski definition) is 2. The molecule has 5 heteroatoms. The summed E-state index contributed by atoms with van der Waals surface area (Å²) >= 11 is 0. The Bertz CT molecular complexity index is 328. The second-order valence-corrected chi connectivity index (χ2v) is 3.96. The lowest BCUT2D eigenvalue weighted by Crippen LogP contribution is -2.47. The van der Waals surface area contributed by atoms with Crippen LogP contribution in [0.15, 0.2) is 16.9 Å². The molecule has 0 unspecified atom stereocenters. The summed E-state index contributed by atoms with van der Waals surface area (Å²) in [4.78, 5) is 11.3. The number of hydrogen-bond acceptors (Lipinski definition) is 4. The molecule has 0 amide bonds. The fourth-order valence-electron chi connectivity index (χ4n) is 2.07. The minimum atomic E-state index is -0.852. The number of aromatic nitrogens is 1. The Hall–Kier alpha value is -1.52. The summed E-state index contributed by atoms with van der Waals surface area (Å²) in [5.41, 5.74) is -0.852. The van der Waals surface area contributed by atoms with Gasteiger partial charge in [0.05, 0.1) is 0 Å². The first-order valence-corrected chi connectivity index (χ1v) is 5.15. The normalized spacial score (nSPS) is 19.7. The van der Waals surface area contributed by atoms with Crippen molar-refractivity contribution < 1.29 is 14.4 Å². The van der Waals surface area contributed by atoms with E-state index in [9.17, 15) is 9.90 Å². The number of carboxylic acids is 1. The topological polar surface area (TPSA) is 75.4 Å². The first-order valence-electron chi connectivity index (χ1n) is 5.15. The fraction of sp³-hybridized carbons (Fsp3) is 0.600. The van der Waals surface area contributed by atoms with Crippen molar-refractivity contribution in [2.45, 2.75) is 37.6 Å². The standard InChI is InChI=1S/C10H14N2O3/c13-9(14)10(5-2-1-3-6-10)11-8-4-7-15-12-8/h4,7H,1-3,5-6H2,(H,11,12)(H,13,14). The van der Waals surface area contributed by atoms with E-state index in [0.717, 1.165) is 19.3 Å². The molecule has 0 aromatic carbocycles. The van der Waals surface area contributed by atoms with Gasteiger partial charge >= 0.3 is 5.97 Å². The van der Waals surface area contributed by atoms with Crippen LogP contribution in [0.2, 0.25) is 0 Å². The van der Waals surface area contributed by atoms with E-state index in [-0.39, 0.29) is 0 Å². The largest absolute Gasteiger partial charge is 0.480 e. The van der Waals surface area contributed by atoms with Crippen molar-refractivity contribution in [3.63, 3.8) is 0 Å². The summed E-state index contributed by atoms with van der Waals surface area (Å²) in [7, 11) is 0. The summed E-state index contributed by atoms with van der Waals surface area (Å²) in [5.74, 6) is -0.301. The molecule has 0 bridgehead atoms. The molecule has 0 radical (unpaired) electrons. The maximum absolute atomic E-state index is 11.3. The number of carboxylic acid groups (broad SMARTS) is 1. The maximum Gasteiger partial charge on any atom is 0.329 e. The van der Waals surface area contributed by atoms with Crippen LogP contribution >= 0.6 is 0 Å². The van der Waals surface area contributed by atoms with E-state index in [1.165, 1.54) is 6.26 Å². The van der Waals surface area contributed by atoms with Gasteiger partial charge in [0.1, 0.15) is 11.8 Å². The van der Waals surface area contributed by atoms with E-state index in [0.29, 0.717) is 18.7 Å². The van der Waals surface area contributed by atoms with Gasteiger partial charge in [-0.3, -0.25) is 0 Å². The molecule has 15 heavy (non-hydrogen) atoms. The third-order valence-electron chi connectivity index (χ3n) is 2.92. The van der Waals surface area contributed by atoms with E-state index in [2.05, 4.69) is 15.0 Å². The monoisotopic (exact) mass is 210 g/mol. The smallest absolute Gasteiger partial charge is 0.329 e. The van der Waals surface area contributed by atoms with Gasteiger partial charge in [0.15, 0.2) is 5.82 Å². The minimum absolute atomic E-state index is 0.499. The van der Waals surface area contributed by atoms with E-state index >= 15 is 0 Å². The molecular weight excluding hydrogens is 196 g/mol. The van der Waals surface area contributed by atoms with Crippen LogP contribution in [0, 0.1) is 0 Å². The highest BCUT2D eigenvalue weighted by molar-refractivity contribution is 5.82. The highest BCUT2D eigenvalue weighted by Crippen LogP contribution is 2.31. The van der Waals surface area contributed by atoms with E-state index in [1.54, 1.807) is 6.07 Å². The molecule has 0 aliphatic heterocycles. The average Bonchev–Trinajstić information content (AvgIpc) is 2.71. The summed E-state index contributed by atoms with van der Waals surface area (Å²) in [6.07, 6.45) is 5.72. The number of rotatable bonds is 3. The number of aliphatic carboxylic acids is 1. The zero-order valence-electron chi connectivity index (χ0n) is 8.40. The van der Waals surface area contributed by atoms with E-state index < -0.39 is 11.5 Å². The zero-order chi connectivity index (χ0) is 10.7. The van der Waals surface area contributed by atoms with Crippen molar-refractivity contribution in [2.24, 2.45) is 0 Å². The Kier molecular flexibility index (Phi) is 2.62. The van der Waals surface area contributed by atoms with Crippen molar-refractivity contribution >= 4 is 11.8 Å². The van der Waals surface area contributed by atoms with Gasteiger partial charge in [0, 0.05) is 6.07 Å². The number of carbonyl (C=O) groups is 1. The third kappa shape index (κ3) is 1.95. The predicted octanol–water partition coefficient (Wildman–Crippen LogP) is 1.87. The number of nitrogens with one attached hydrogen (secondary N) is 1. The molecule has 1 aromatic rings. The van der Waals surface area contributed by atoms with Gasteiger partial charge in [-0.1, -0.05) is 24.4 Å². The molecule has 2 N–H and O–H groups in total. The van der Waals surface area contributed by atoms with Crippen LogP contribution in [-0.4, -0.2) is 21.8 Å². The van der Waals surface area contributed by atoms with Crippen LogP contribution in [0.3, 0.4) is 0 Å². The molecule has 1 saturated carbocycles. The minimum Gasteiger partial charge on any atom is -0.480 e. The molecule has 1 aliphatic rings. The van der Waals surface area contributed by atoms with Crippen molar-refractivity contribution in [3.8, 4) is 0 Å². The van der Waals surface area contributed by atoms with Crippen LogP contribution in [0.1, 0.15) is 32.1 Å². The van der Waals surface area contributed by atoms with E-state index in [1.807, 2.05) is 0 Å². The van der Waals surface area contributed by atoms with Gasteiger partial charge < -0.3 is 14.9 Å². The van der Waals surface area contributed by atoms with Crippen molar-refractivity contribution in [1.29, 1.82) is 0 Å². The van der Waals surface area contributed by atoms with Crippen LogP contribution in [-0.2, 0) is 4.79 Å². The fourth-order valence-corrected chi connectivity index (χ4v) is 2.07. The van der Waals surface area contributed by atoms with Gasteiger partial charge in [-0.2, -0.15) is 0 Å². The lowest BCUT2D eigenvalue weighted by atomic mass is 9.81. The summed E-state index contributed by atoms with van der Waals surface area (Å²) in [6, 6.07) is 1.64. The van der Waals surface area contributed by atoms with Crippen LogP contribution < -0.4 is 5.32 Å².